The van der Waals surface area contributed by atoms with Crippen LogP contribution in [-0.2, 0) is 9.53 Å². The van der Waals surface area contributed by atoms with Crippen LogP contribution < -0.4 is 5.32 Å². The lowest BCUT2D eigenvalue weighted by atomic mass is 10.1. The fourth-order valence-electron chi connectivity index (χ4n) is 2.18. The SMILES string of the molecule is CCOC(=O)c1cncc(-c2ccc3nc(NC(C)=O)cn3n2)c1. The Labute approximate surface area is 137 Å². The van der Waals surface area contributed by atoms with Crippen molar-refractivity contribution < 1.29 is 14.3 Å². The number of anilines is 1. The Kier molecular flexibility index (Phi) is 4.19. The minimum Gasteiger partial charge on any atom is -0.462 e. The van der Waals surface area contributed by atoms with E-state index in [-0.39, 0.29) is 5.91 Å². The lowest BCUT2D eigenvalue weighted by molar-refractivity contribution is -0.114. The van der Waals surface area contributed by atoms with E-state index in [1.807, 2.05) is 0 Å². The number of fused-ring (bicyclic) bond motifs is 1. The molecular formula is C16H15N5O3. The lowest BCUT2D eigenvalue weighted by Crippen LogP contribution is -2.05. The minimum absolute atomic E-state index is 0.204. The summed E-state index contributed by atoms with van der Waals surface area (Å²) in [5.74, 6) is -0.209. The highest BCUT2D eigenvalue weighted by atomic mass is 16.5. The highest BCUT2D eigenvalue weighted by molar-refractivity contribution is 5.90. The first-order valence-electron chi connectivity index (χ1n) is 7.33. The molecule has 24 heavy (non-hydrogen) atoms. The zero-order valence-electron chi connectivity index (χ0n) is 13.2. The maximum atomic E-state index is 11.8. The molecule has 3 aromatic heterocycles. The van der Waals surface area contributed by atoms with Crippen LogP contribution in [-0.4, -0.2) is 38.1 Å². The van der Waals surface area contributed by atoms with Gasteiger partial charge in [0.1, 0.15) is 0 Å². The van der Waals surface area contributed by atoms with Crippen molar-refractivity contribution in [1.82, 2.24) is 19.6 Å². The van der Waals surface area contributed by atoms with Gasteiger partial charge in [0.15, 0.2) is 11.5 Å². The molecule has 1 amide bonds. The van der Waals surface area contributed by atoms with Gasteiger partial charge in [-0.25, -0.2) is 14.3 Å². The molecule has 0 atom stereocenters. The number of hydrogen-bond acceptors (Lipinski definition) is 6. The van der Waals surface area contributed by atoms with Crippen molar-refractivity contribution in [2.24, 2.45) is 0 Å². The number of imidazole rings is 1. The quantitative estimate of drug-likeness (QED) is 0.736. The van der Waals surface area contributed by atoms with Gasteiger partial charge in [0, 0.05) is 24.9 Å². The summed E-state index contributed by atoms with van der Waals surface area (Å²) in [5, 5.41) is 7.04. The normalized spacial score (nSPS) is 10.6. The molecule has 0 saturated carbocycles. The van der Waals surface area contributed by atoms with Gasteiger partial charge in [-0.15, -0.1) is 0 Å². The van der Waals surface area contributed by atoms with Gasteiger partial charge in [-0.05, 0) is 25.1 Å². The van der Waals surface area contributed by atoms with E-state index in [1.165, 1.54) is 13.1 Å². The molecule has 0 bridgehead atoms. The Morgan fingerprint density at radius 3 is 2.88 bits per heavy atom. The number of carbonyl (C=O) groups excluding carboxylic acids is 2. The van der Waals surface area contributed by atoms with Crippen LogP contribution in [0.2, 0.25) is 0 Å². The predicted molar refractivity (Wildman–Crippen MR) is 86.5 cm³/mol. The Bertz CT molecular complexity index is 919. The minimum atomic E-state index is -0.427. The van der Waals surface area contributed by atoms with E-state index < -0.39 is 5.97 Å². The van der Waals surface area contributed by atoms with Crippen LogP contribution in [0, 0.1) is 0 Å². The second-order valence-electron chi connectivity index (χ2n) is 5.01. The molecule has 0 aliphatic carbocycles. The van der Waals surface area contributed by atoms with Crippen molar-refractivity contribution in [3.63, 3.8) is 0 Å². The third kappa shape index (κ3) is 3.22. The Balaban J connectivity index is 1.95. The number of rotatable bonds is 4. The molecule has 3 aromatic rings. The van der Waals surface area contributed by atoms with E-state index in [0.29, 0.717) is 34.9 Å². The summed E-state index contributed by atoms with van der Waals surface area (Å²) in [6.45, 7) is 3.46. The number of esters is 1. The first kappa shape index (κ1) is 15.6. The summed E-state index contributed by atoms with van der Waals surface area (Å²) >= 11 is 0. The zero-order chi connectivity index (χ0) is 17.1. The van der Waals surface area contributed by atoms with E-state index in [1.54, 1.807) is 42.0 Å². The number of hydrogen-bond donors (Lipinski definition) is 1. The summed E-state index contributed by atoms with van der Waals surface area (Å²) in [7, 11) is 0. The van der Waals surface area contributed by atoms with Crippen LogP contribution in [0.1, 0.15) is 24.2 Å². The van der Waals surface area contributed by atoms with Gasteiger partial charge < -0.3 is 10.1 Å². The van der Waals surface area contributed by atoms with Crippen LogP contribution in [0.4, 0.5) is 5.82 Å². The van der Waals surface area contributed by atoms with Crippen LogP contribution in [0.25, 0.3) is 16.9 Å². The number of ether oxygens (including phenoxy) is 1. The standard InChI is InChI=1S/C16H15N5O3/c1-3-24-16(23)12-6-11(7-17-8-12)13-4-5-15-19-14(18-10(2)22)9-21(15)20-13/h4-9H,3H2,1-2H3,(H,18,22). The number of nitrogens with zero attached hydrogens (tertiary/aromatic N) is 4. The van der Waals surface area contributed by atoms with Gasteiger partial charge in [0.05, 0.1) is 24.1 Å². The third-order valence-corrected chi connectivity index (χ3v) is 3.17. The first-order chi connectivity index (χ1) is 11.6. The molecular weight excluding hydrogens is 310 g/mol. The number of amides is 1. The number of pyridine rings is 1. The number of nitrogens with one attached hydrogen (secondary N) is 1. The zero-order valence-corrected chi connectivity index (χ0v) is 13.2. The summed E-state index contributed by atoms with van der Waals surface area (Å²) in [6, 6.07) is 5.21. The summed E-state index contributed by atoms with van der Waals surface area (Å²) in [4.78, 5) is 31.2. The Morgan fingerprint density at radius 2 is 2.12 bits per heavy atom. The molecule has 0 fully saturated rings. The average molecular weight is 325 g/mol. The molecule has 1 N–H and O–H groups in total. The van der Waals surface area contributed by atoms with Crippen molar-refractivity contribution in [1.29, 1.82) is 0 Å². The van der Waals surface area contributed by atoms with E-state index in [2.05, 4.69) is 20.4 Å². The van der Waals surface area contributed by atoms with Crippen molar-refractivity contribution in [3.8, 4) is 11.3 Å². The number of aromatic nitrogens is 4. The van der Waals surface area contributed by atoms with Crippen LogP contribution in [0.15, 0.2) is 36.8 Å². The van der Waals surface area contributed by atoms with Gasteiger partial charge >= 0.3 is 5.97 Å². The molecule has 0 radical (unpaired) electrons. The second-order valence-corrected chi connectivity index (χ2v) is 5.01. The van der Waals surface area contributed by atoms with Crippen LogP contribution in [0.3, 0.4) is 0 Å². The van der Waals surface area contributed by atoms with Crippen molar-refractivity contribution in [2.45, 2.75) is 13.8 Å². The molecule has 3 rings (SSSR count). The van der Waals surface area contributed by atoms with Gasteiger partial charge in [0.2, 0.25) is 5.91 Å². The smallest absolute Gasteiger partial charge is 0.339 e. The molecule has 0 unspecified atom stereocenters. The summed E-state index contributed by atoms with van der Waals surface area (Å²) in [6.07, 6.45) is 4.68. The topological polar surface area (TPSA) is 98.5 Å². The van der Waals surface area contributed by atoms with Crippen molar-refractivity contribution >= 4 is 23.3 Å². The fraction of sp³-hybridized carbons (Fsp3) is 0.188. The van der Waals surface area contributed by atoms with Gasteiger partial charge in [-0.1, -0.05) is 0 Å². The second kappa shape index (κ2) is 6.45. The molecule has 0 aliphatic rings. The summed E-state index contributed by atoms with van der Waals surface area (Å²) < 4.78 is 6.53. The first-order valence-corrected chi connectivity index (χ1v) is 7.33. The highest BCUT2D eigenvalue weighted by Gasteiger charge is 2.11. The maximum Gasteiger partial charge on any atom is 0.339 e. The maximum absolute atomic E-state index is 11.8. The van der Waals surface area contributed by atoms with Gasteiger partial charge in [0.25, 0.3) is 0 Å². The van der Waals surface area contributed by atoms with E-state index in [0.717, 1.165) is 0 Å². The van der Waals surface area contributed by atoms with E-state index in [4.69, 9.17) is 4.74 Å². The van der Waals surface area contributed by atoms with E-state index in [9.17, 15) is 9.59 Å². The summed E-state index contributed by atoms with van der Waals surface area (Å²) in [5.41, 5.74) is 2.25. The molecule has 8 heteroatoms. The molecule has 0 aliphatic heterocycles. The lowest BCUT2D eigenvalue weighted by Gasteiger charge is -2.04. The van der Waals surface area contributed by atoms with Crippen LogP contribution >= 0.6 is 0 Å². The Morgan fingerprint density at radius 1 is 1.29 bits per heavy atom. The van der Waals surface area contributed by atoms with Gasteiger partial charge in [-0.3, -0.25) is 9.78 Å². The Hall–Kier alpha value is -3.29. The van der Waals surface area contributed by atoms with Gasteiger partial charge in [-0.2, -0.15) is 5.10 Å². The molecule has 0 spiro atoms. The predicted octanol–water partition coefficient (Wildman–Crippen LogP) is 1.93. The monoisotopic (exact) mass is 325 g/mol. The number of carbonyl (C=O) groups is 2. The van der Waals surface area contributed by atoms with Crippen molar-refractivity contribution in [3.05, 3.63) is 42.4 Å². The third-order valence-electron chi connectivity index (χ3n) is 3.17. The van der Waals surface area contributed by atoms with Crippen molar-refractivity contribution in [2.75, 3.05) is 11.9 Å². The molecule has 0 saturated heterocycles. The molecule has 8 nitrogen and oxygen atoms in total. The highest BCUT2D eigenvalue weighted by Crippen LogP contribution is 2.19. The average Bonchev–Trinajstić information content (AvgIpc) is 2.95. The molecule has 3 heterocycles. The largest absolute Gasteiger partial charge is 0.462 e. The fourth-order valence-corrected chi connectivity index (χ4v) is 2.18. The van der Waals surface area contributed by atoms with Crippen LogP contribution in [0.5, 0.6) is 0 Å². The van der Waals surface area contributed by atoms with E-state index >= 15 is 0 Å². The molecule has 0 aromatic carbocycles. The molecule has 122 valence electrons.